The van der Waals surface area contributed by atoms with E-state index < -0.39 is 150 Å². The lowest BCUT2D eigenvalue weighted by atomic mass is 9.45. The molecule has 3 amide bonds. The van der Waals surface area contributed by atoms with E-state index in [-0.39, 0.29) is 34.3 Å². The number of Topliss-reactive ketones (excluding diaryl/α,β-unsaturated/α-hetero) is 1. The van der Waals surface area contributed by atoms with Gasteiger partial charge in [0.25, 0.3) is 17.7 Å². The maximum atomic E-state index is 15.7. The molecule has 3 N–H and O–H groups in total. The molecule has 384 valence electrons. The fourth-order valence-corrected chi connectivity index (χ4v) is 11.2. The molecule has 2 heterocycles. The van der Waals surface area contributed by atoms with Crippen molar-refractivity contribution >= 4 is 53.4 Å². The first kappa shape index (κ1) is 52.0. The molecule has 0 aromatic heterocycles. The highest BCUT2D eigenvalue weighted by atomic mass is 16.7. The number of ketones is 1. The Morgan fingerprint density at radius 3 is 1.96 bits per heavy atom. The summed E-state index contributed by atoms with van der Waals surface area (Å²) in [6, 6.07) is 22.3. The quantitative estimate of drug-likeness (QED) is 0.0897. The van der Waals surface area contributed by atoms with Crippen LogP contribution in [0.3, 0.4) is 0 Å². The molecular formula is C54H56N2O17. The average molecular weight is 1010 g/mol. The van der Waals surface area contributed by atoms with Crippen molar-refractivity contribution in [3.05, 3.63) is 131 Å². The Hall–Kier alpha value is -7.35. The third-order valence-electron chi connectivity index (χ3n) is 15.1. The van der Waals surface area contributed by atoms with Crippen LogP contribution >= 0.6 is 0 Å². The summed E-state index contributed by atoms with van der Waals surface area (Å²) in [6.07, 6.45) is -10.5. The largest absolute Gasteiger partial charge is 0.455 e. The first-order chi connectivity index (χ1) is 34.6. The standard InChI is InChI=1S/C54H56N2O17/c1-28-35(70-50(66)45(72-39(62)24-25-56-37(60)22-23-38(56)61)43(31-16-10-7-11-17-31)55-48(64)32-18-12-8-13-19-32)27-54(67)47(73-49(65)33-20-14-9-15-21-33)42-40-34(71-51(40)69-30(3)58)26-36(59)53(42,6)46(63)44(68-29(2)57)41(28)52(54,4)5/h7-23,34-36,40,42-45,47,51,59,67H,24-27H2,1-6H3,(H,55,64). The van der Waals surface area contributed by atoms with Crippen molar-refractivity contribution in [3.63, 3.8) is 0 Å². The number of ether oxygens (including phenoxy) is 6. The van der Waals surface area contributed by atoms with Crippen LogP contribution in [-0.2, 0) is 62.0 Å². The number of benzene rings is 3. The second-order valence-electron chi connectivity index (χ2n) is 19.7. The number of rotatable bonds is 14. The number of amides is 3. The first-order valence-corrected chi connectivity index (χ1v) is 23.8. The van der Waals surface area contributed by atoms with Crippen molar-refractivity contribution in [1.29, 1.82) is 0 Å². The lowest BCUT2D eigenvalue weighted by molar-refractivity contribution is -0.352. The molecule has 3 aliphatic carbocycles. The summed E-state index contributed by atoms with van der Waals surface area (Å²) < 4.78 is 36.2. The summed E-state index contributed by atoms with van der Waals surface area (Å²) >= 11 is 0. The molecule has 2 aliphatic heterocycles. The lowest BCUT2D eigenvalue weighted by Crippen LogP contribution is -2.76. The van der Waals surface area contributed by atoms with Gasteiger partial charge in [-0.2, -0.15) is 0 Å². The van der Waals surface area contributed by atoms with Gasteiger partial charge in [-0.05, 0) is 54.8 Å². The van der Waals surface area contributed by atoms with Crippen molar-refractivity contribution in [3.8, 4) is 0 Å². The van der Waals surface area contributed by atoms with Crippen LogP contribution in [0.4, 0.5) is 0 Å². The summed E-state index contributed by atoms with van der Waals surface area (Å²) in [5, 5.41) is 28.8. The second-order valence-corrected chi connectivity index (χ2v) is 19.7. The van der Waals surface area contributed by atoms with Crippen LogP contribution in [0.1, 0.15) is 93.1 Å². The van der Waals surface area contributed by atoms with Gasteiger partial charge in [-0.25, -0.2) is 9.59 Å². The topological polar surface area (TPSA) is 265 Å². The monoisotopic (exact) mass is 1000 g/mol. The fraction of sp³-hybridized carbons (Fsp3) is 0.426. The molecule has 3 aromatic carbocycles. The van der Waals surface area contributed by atoms with E-state index >= 15 is 9.59 Å². The van der Waals surface area contributed by atoms with Gasteiger partial charge < -0.3 is 44.0 Å². The number of carbonyl (C=O) groups excluding carboxylic acids is 9. The van der Waals surface area contributed by atoms with Crippen molar-refractivity contribution in [2.24, 2.45) is 22.7 Å². The van der Waals surface area contributed by atoms with Crippen molar-refractivity contribution in [1.82, 2.24) is 10.2 Å². The van der Waals surface area contributed by atoms with E-state index in [1.54, 1.807) is 66.7 Å². The normalized spacial score (nSPS) is 29.7. The van der Waals surface area contributed by atoms with Crippen LogP contribution in [0.15, 0.2) is 114 Å². The van der Waals surface area contributed by atoms with Crippen LogP contribution in [0.25, 0.3) is 0 Å². The number of hydrogen-bond donors (Lipinski definition) is 3. The first-order valence-electron chi connectivity index (χ1n) is 23.8. The number of carbonyl (C=O) groups is 9. The van der Waals surface area contributed by atoms with Crippen molar-refractivity contribution in [2.75, 3.05) is 6.54 Å². The van der Waals surface area contributed by atoms with E-state index in [0.29, 0.717) is 0 Å². The number of hydrogen-bond acceptors (Lipinski definition) is 17. The van der Waals surface area contributed by atoms with E-state index in [0.717, 1.165) is 30.9 Å². The number of nitrogens with one attached hydrogen (secondary N) is 1. The van der Waals surface area contributed by atoms with E-state index in [1.807, 2.05) is 0 Å². The zero-order chi connectivity index (χ0) is 52.7. The molecule has 8 rings (SSSR count). The third kappa shape index (κ3) is 9.59. The van der Waals surface area contributed by atoms with Gasteiger partial charge in [0.05, 0.1) is 35.5 Å². The van der Waals surface area contributed by atoms with E-state index in [9.17, 15) is 43.8 Å². The second kappa shape index (κ2) is 20.3. The Bertz CT molecular complexity index is 2760. The van der Waals surface area contributed by atoms with E-state index in [1.165, 1.54) is 52.0 Å². The minimum atomic E-state index is -2.45. The maximum Gasteiger partial charge on any atom is 0.350 e. The van der Waals surface area contributed by atoms with Crippen LogP contribution < -0.4 is 5.32 Å². The van der Waals surface area contributed by atoms with Gasteiger partial charge in [0.15, 0.2) is 11.9 Å². The predicted octanol–water partition coefficient (Wildman–Crippen LogP) is 3.81. The fourth-order valence-electron chi connectivity index (χ4n) is 11.2. The highest BCUT2D eigenvalue weighted by Crippen LogP contribution is 2.63. The summed E-state index contributed by atoms with van der Waals surface area (Å²) in [7, 11) is 0. The lowest BCUT2D eigenvalue weighted by Gasteiger charge is -2.65. The van der Waals surface area contributed by atoms with E-state index in [2.05, 4.69) is 5.32 Å². The molecule has 2 bridgehead atoms. The molecule has 5 aliphatic rings. The van der Waals surface area contributed by atoms with Crippen LogP contribution in [0, 0.1) is 22.7 Å². The predicted molar refractivity (Wildman–Crippen MR) is 252 cm³/mol. The van der Waals surface area contributed by atoms with Gasteiger partial charge in [-0.3, -0.25) is 38.5 Å². The smallest absolute Gasteiger partial charge is 0.350 e. The minimum Gasteiger partial charge on any atom is -0.455 e. The van der Waals surface area contributed by atoms with Crippen molar-refractivity contribution in [2.45, 2.75) is 115 Å². The molecule has 2 saturated carbocycles. The van der Waals surface area contributed by atoms with E-state index in [4.69, 9.17) is 28.4 Å². The van der Waals surface area contributed by atoms with Gasteiger partial charge in [0, 0.05) is 62.3 Å². The Morgan fingerprint density at radius 2 is 1.37 bits per heavy atom. The van der Waals surface area contributed by atoms with Crippen molar-refractivity contribution < 1.29 is 81.8 Å². The Kier molecular flexibility index (Phi) is 14.4. The van der Waals surface area contributed by atoms with Crippen LogP contribution in [0.2, 0.25) is 0 Å². The summed E-state index contributed by atoms with van der Waals surface area (Å²) in [4.78, 5) is 124. The molecule has 12 unspecified atom stereocenters. The number of nitrogens with zero attached hydrogens (tertiary/aromatic N) is 1. The highest BCUT2D eigenvalue weighted by Gasteiger charge is 2.74. The maximum absolute atomic E-state index is 15.7. The SMILES string of the molecule is CC(=O)OC1C(=O)C2(C)C(O)CC3OC(OC(C)=O)C3C2C(OC(=O)c2ccccc2)C2(O)CC(OC(=O)C(OC(=O)CCN3C(=O)C=CC3=O)C(NC(=O)c3ccccc3)c3ccccc3)C(C)=C1C2(C)C. The number of aliphatic hydroxyl groups excluding tert-OH is 1. The summed E-state index contributed by atoms with van der Waals surface area (Å²) in [5.41, 5.74) is -5.69. The van der Waals surface area contributed by atoms with Gasteiger partial charge in [-0.1, -0.05) is 80.6 Å². The molecule has 0 spiro atoms. The zero-order valence-corrected chi connectivity index (χ0v) is 40.9. The molecular weight excluding hydrogens is 949 g/mol. The number of fused-ring (bicyclic) bond motifs is 5. The molecule has 3 fully saturated rings. The average Bonchev–Trinajstić information content (AvgIpc) is 3.68. The molecule has 3 aromatic rings. The molecule has 1 saturated heterocycles. The zero-order valence-electron chi connectivity index (χ0n) is 40.9. The molecule has 12 atom stereocenters. The summed E-state index contributed by atoms with van der Waals surface area (Å²) in [6.45, 7) is 7.75. The van der Waals surface area contributed by atoms with Gasteiger partial charge >= 0.3 is 29.8 Å². The minimum absolute atomic E-state index is 0.0423. The Morgan fingerprint density at radius 1 is 0.795 bits per heavy atom. The van der Waals surface area contributed by atoms with Gasteiger partial charge in [-0.15, -0.1) is 0 Å². The number of imide groups is 1. The molecule has 73 heavy (non-hydrogen) atoms. The summed E-state index contributed by atoms with van der Waals surface area (Å²) in [5.74, 6) is -10.4. The number of esters is 5. The molecule has 0 radical (unpaired) electrons. The van der Waals surface area contributed by atoms with Crippen LogP contribution in [0.5, 0.6) is 0 Å². The Balaban J connectivity index is 1.27. The molecule has 19 nitrogen and oxygen atoms in total. The molecule has 19 heteroatoms. The van der Waals surface area contributed by atoms with Gasteiger partial charge in [0.2, 0.25) is 12.4 Å². The third-order valence-corrected chi connectivity index (χ3v) is 15.1. The highest BCUT2D eigenvalue weighted by molar-refractivity contribution is 6.13. The van der Waals surface area contributed by atoms with Crippen LogP contribution in [-0.4, -0.2) is 124 Å². The van der Waals surface area contributed by atoms with Gasteiger partial charge in [0.1, 0.15) is 23.9 Å². The number of aliphatic hydroxyl groups is 2. The Labute approximate surface area is 419 Å².